The fourth-order valence-corrected chi connectivity index (χ4v) is 4.97. The lowest BCUT2D eigenvalue weighted by molar-refractivity contribution is -0.745. The van der Waals surface area contributed by atoms with E-state index >= 15 is 4.39 Å². The SMILES string of the molecule is Cn1nc[n+](CC(=O)N2C[C@H](F)C[C@H]2C(=O)NC(c2ccccc2)c2ccc(C3CCC3)c(F)c2)n1. The molecular weight excluding hydrogens is 466 g/mol. The maximum absolute atomic E-state index is 15.0. The monoisotopic (exact) mass is 495 g/mol. The average Bonchev–Trinajstić information content (AvgIpc) is 3.43. The number of rotatable bonds is 7. The number of aromatic nitrogens is 4. The molecule has 5 rings (SSSR count). The Kier molecular flexibility index (Phi) is 6.75. The van der Waals surface area contributed by atoms with E-state index in [1.807, 2.05) is 36.4 Å². The number of hydrogen-bond donors (Lipinski definition) is 1. The van der Waals surface area contributed by atoms with Crippen molar-refractivity contribution in [2.45, 2.75) is 56.4 Å². The molecule has 36 heavy (non-hydrogen) atoms. The van der Waals surface area contributed by atoms with E-state index in [2.05, 4.69) is 15.6 Å². The number of carbonyl (C=O) groups is 2. The first-order chi connectivity index (χ1) is 17.4. The first kappa shape index (κ1) is 24.0. The fourth-order valence-electron chi connectivity index (χ4n) is 4.97. The first-order valence-electron chi connectivity index (χ1n) is 12.2. The Hall–Kier alpha value is -3.69. The molecule has 2 aromatic carbocycles. The van der Waals surface area contributed by atoms with E-state index < -0.39 is 30.1 Å². The number of nitrogens with zero attached hydrogens (tertiary/aromatic N) is 5. The second-order valence-corrected chi connectivity index (χ2v) is 9.56. The van der Waals surface area contributed by atoms with Crippen LogP contribution in [0.2, 0.25) is 0 Å². The van der Waals surface area contributed by atoms with Crippen LogP contribution in [-0.4, -0.2) is 50.6 Å². The van der Waals surface area contributed by atoms with Crippen LogP contribution in [-0.2, 0) is 23.2 Å². The number of amides is 2. The highest BCUT2D eigenvalue weighted by Gasteiger charge is 2.41. The Labute approximate surface area is 207 Å². The van der Waals surface area contributed by atoms with Gasteiger partial charge in [-0.25, -0.2) is 8.78 Å². The molecular formula is C26H29F2N6O2+. The molecule has 8 nitrogen and oxygen atoms in total. The minimum atomic E-state index is -1.31. The molecule has 2 fully saturated rings. The minimum absolute atomic E-state index is 0.0980. The van der Waals surface area contributed by atoms with E-state index in [0.29, 0.717) is 11.1 Å². The summed E-state index contributed by atoms with van der Waals surface area (Å²) in [5, 5.41) is 10.9. The zero-order valence-corrected chi connectivity index (χ0v) is 20.1. The van der Waals surface area contributed by atoms with Crippen molar-refractivity contribution in [3.63, 3.8) is 0 Å². The van der Waals surface area contributed by atoms with Crippen LogP contribution < -0.4 is 10.00 Å². The molecule has 2 amide bonds. The summed E-state index contributed by atoms with van der Waals surface area (Å²) in [5.41, 5.74) is 2.07. The molecule has 1 saturated carbocycles. The summed E-state index contributed by atoms with van der Waals surface area (Å²) in [5.74, 6) is -0.941. The van der Waals surface area contributed by atoms with Gasteiger partial charge in [-0.2, -0.15) is 0 Å². The third kappa shape index (κ3) is 4.98. The van der Waals surface area contributed by atoms with Gasteiger partial charge in [-0.3, -0.25) is 9.59 Å². The lowest BCUT2D eigenvalue weighted by atomic mass is 9.79. The van der Waals surface area contributed by atoms with Gasteiger partial charge in [-0.1, -0.05) is 48.9 Å². The van der Waals surface area contributed by atoms with E-state index in [-0.39, 0.29) is 31.2 Å². The zero-order chi connectivity index (χ0) is 25.2. The summed E-state index contributed by atoms with van der Waals surface area (Å²) in [7, 11) is 1.62. The fraction of sp³-hybridized carbons (Fsp3) is 0.423. The highest BCUT2D eigenvalue weighted by Crippen LogP contribution is 2.38. The molecule has 1 saturated heterocycles. The molecule has 2 aliphatic rings. The van der Waals surface area contributed by atoms with Crippen LogP contribution in [0.4, 0.5) is 8.78 Å². The number of halogens is 2. The summed E-state index contributed by atoms with van der Waals surface area (Å²) in [6.45, 7) is -0.321. The molecule has 188 valence electrons. The van der Waals surface area contributed by atoms with Gasteiger partial charge in [0.15, 0.2) is 6.54 Å². The van der Waals surface area contributed by atoms with Gasteiger partial charge < -0.3 is 10.2 Å². The van der Waals surface area contributed by atoms with E-state index in [4.69, 9.17) is 0 Å². The Morgan fingerprint density at radius 3 is 2.58 bits per heavy atom. The standard InChI is InChI=1S/C26H28F2N6O2/c1-32-29-16-33(31-32)15-24(35)34-14-20(27)13-23(34)26(36)30-25(18-6-3-2-4-7-18)19-10-11-21(22(28)12-19)17-8-5-9-17/h2-4,6-7,10-12,16-17,20,23,25H,5,8-9,13-15H2,1H3/p+1/t20-,23+,25?/m1/s1. The van der Waals surface area contributed by atoms with Gasteiger partial charge in [0.05, 0.1) is 22.9 Å². The van der Waals surface area contributed by atoms with Gasteiger partial charge in [-0.05, 0) is 46.3 Å². The molecule has 1 aliphatic heterocycles. The Morgan fingerprint density at radius 1 is 1.17 bits per heavy atom. The zero-order valence-electron chi connectivity index (χ0n) is 20.1. The van der Waals surface area contributed by atoms with Crippen LogP contribution in [0.25, 0.3) is 0 Å². The second kappa shape index (κ2) is 10.1. The number of alkyl halides is 1. The number of carbonyl (C=O) groups excluding carboxylic acids is 2. The van der Waals surface area contributed by atoms with E-state index in [1.54, 1.807) is 13.1 Å². The van der Waals surface area contributed by atoms with Crippen LogP contribution in [0.5, 0.6) is 0 Å². The van der Waals surface area contributed by atoms with Crippen molar-refractivity contribution in [2.75, 3.05) is 6.54 Å². The van der Waals surface area contributed by atoms with Crippen molar-refractivity contribution in [2.24, 2.45) is 7.05 Å². The van der Waals surface area contributed by atoms with Gasteiger partial charge in [0.2, 0.25) is 5.91 Å². The maximum atomic E-state index is 15.0. The number of aryl methyl sites for hydroxylation is 1. The predicted molar refractivity (Wildman–Crippen MR) is 126 cm³/mol. The summed E-state index contributed by atoms with van der Waals surface area (Å²) in [6.07, 6.45) is 3.06. The number of nitrogens with one attached hydrogen (secondary N) is 1. The van der Waals surface area contributed by atoms with Gasteiger partial charge in [0.25, 0.3) is 12.2 Å². The third-order valence-electron chi connectivity index (χ3n) is 7.09. The number of benzene rings is 2. The molecule has 1 aromatic heterocycles. The Morgan fingerprint density at radius 2 is 1.94 bits per heavy atom. The van der Waals surface area contributed by atoms with Crippen molar-refractivity contribution in [3.05, 3.63) is 77.4 Å². The molecule has 0 radical (unpaired) electrons. The van der Waals surface area contributed by atoms with Crippen LogP contribution in [0, 0.1) is 5.82 Å². The Balaban J connectivity index is 1.37. The molecule has 0 bridgehead atoms. The van der Waals surface area contributed by atoms with Gasteiger partial charge in [0.1, 0.15) is 25.1 Å². The number of likely N-dealkylation sites (tertiary alicyclic amines) is 1. The summed E-state index contributed by atoms with van der Waals surface area (Å²) >= 11 is 0. The quantitative estimate of drug-likeness (QED) is 0.510. The lowest BCUT2D eigenvalue weighted by Crippen LogP contribution is -2.52. The normalized spacial score (nSPS) is 20.7. The smallest absolute Gasteiger partial charge is 0.286 e. The molecule has 1 N–H and O–H groups in total. The van der Waals surface area contributed by atoms with Crippen LogP contribution in [0.1, 0.15) is 54.3 Å². The predicted octanol–water partition coefficient (Wildman–Crippen LogP) is 2.35. The average molecular weight is 496 g/mol. The molecule has 1 unspecified atom stereocenters. The summed E-state index contributed by atoms with van der Waals surface area (Å²) in [6, 6.07) is 12.7. The minimum Gasteiger partial charge on any atom is -0.343 e. The molecule has 1 aliphatic carbocycles. The number of tetrazole rings is 1. The maximum Gasteiger partial charge on any atom is 0.286 e. The second-order valence-electron chi connectivity index (χ2n) is 9.56. The van der Waals surface area contributed by atoms with E-state index in [9.17, 15) is 14.0 Å². The van der Waals surface area contributed by atoms with Crippen molar-refractivity contribution < 1.29 is 23.1 Å². The highest BCUT2D eigenvalue weighted by atomic mass is 19.1. The van der Waals surface area contributed by atoms with Crippen molar-refractivity contribution >= 4 is 11.8 Å². The van der Waals surface area contributed by atoms with Crippen LogP contribution >= 0.6 is 0 Å². The summed E-state index contributed by atoms with van der Waals surface area (Å²) < 4.78 is 30.8. The largest absolute Gasteiger partial charge is 0.343 e. The highest BCUT2D eigenvalue weighted by molar-refractivity contribution is 5.88. The van der Waals surface area contributed by atoms with E-state index in [1.165, 1.54) is 26.8 Å². The molecule has 3 aromatic rings. The Bertz CT molecular complexity index is 1250. The molecule has 0 spiro atoms. The van der Waals surface area contributed by atoms with Gasteiger partial charge in [0, 0.05) is 6.42 Å². The first-order valence-corrected chi connectivity index (χ1v) is 12.2. The molecule has 2 heterocycles. The lowest BCUT2D eigenvalue weighted by Gasteiger charge is -2.28. The summed E-state index contributed by atoms with van der Waals surface area (Å²) in [4.78, 5) is 28.9. The molecule has 3 atom stereocenters. The van der Waals surface area contributed by atoms with Crippen molar-refractivity contribution in [1.29, 1.82) is 0 Å². The third-order valence-corrected chi connectivity index (χ3v) is 7.09. The van der Waals surface area contributed by atoms with Gasteiger partial charge >= 0.3 is 0 Å². The number of hydrogen-bond acceptors (Lipinski definition) is 4. The molecule has 10 heteroatoms. The van der Waals surface area contributed by atoms with Crippen molar-refractivity contribution in [1.82, 2.24) is 25.3 Å². The topological polar surface area (TPSA) is 84.0 Å². The van der Waals surface area contributed by atoms with Crippen LogP contribution in [0.15, 0.2) is 54.9 Å². The van der Waals surface area contributed by atoms with Gasteiger partial charge in [-0.15, -0.1) is 4.68 Å². The van der Waals surface area contributed by atoms with Crippen molar-refractivity contribution in [3.8, 4) is 0 Å². The van der Waals surface area contributed by atoms with E-state index in [0.717, 1.165) is 24.8 Å². The van der Waals surface area contributed by atoms with Crippen LogP contribution in [0.3, 0.4) is 0 Å².